The van der Waals surface area contributed by atoms with E-state index in [0.717, 1.165) is 16.8 Å². The second kappa shape index (κ2) is 11.4. The second-order valence-corrected chi connectivity index (χ2v) is 9.02. The van der Waals surface area contributed by atoms with E-state index >= 15 is 0 Å². The number of carboxylic acids is 1. The van der Waals surface area contributed by atoms with E-state index in [1.54, 1.807) is 44.7 Å². The molecule has 4 aromatic rings. The fourth-order valence-electron chi connectivity index (χ4n) is 4.06. The smallest absolute Gasteiger partial charge is 0.326 e. The third-order valence-corrected chi connectivity index (χ3v) is 6.49. The number of hydrogen-bond donors (Lipinski definition) is 3. The summed E-state index contributed by atoms with van der Waals surface area (Å²) in [5.74, 6) is -0.549. The van der Waals surface area contributed by atoms with Gasteiger partial charge in [-0.15, -0.1) is 0 Å². The number of hydrogen-bond acceptors (Lipinski definition) is 4. The Morgan fingerprint density at radius 1 is 0.919 bits per heavy atom. The number of halogens is 2. The van der Waals surface area contributed by atoms with Crippen LogP contribution < -0.4 is 14.8 Å². The number of H-pyrrole nitrogens is 1. The summed E-state index contributed by atoms with van der Waals surface area (Å²) in [5, 5.41) is 12.6. The Morgan fingerprint density at radius 3 is 2.05 bits per heavy atom. The highest BCUT2D eigenvalue weighted by Crippen LogP contribution is 2.38. The topological polar surface area (TPSA) is 101 Å². The molecule has 9 heteroatoms. The molecule has 0 radical (unpaired) electrons. The lowest BCUT2D eigenvalue weighted by Crippen LogP contribution is -2.42. The summed E-state index contributed by atoms with van der Waals surface area (Å²) in [5.41, 5.74) is 3.85. The fourth-order valence-corrected chi connectivity index (χ4v) is 4.72. The molecule has 1 heterocycles. The third-order valence-electron chi connectivity index (χ3n) is 5.89. The van der Waals surface area contributed by atoms with Crippen LogP contribution in [0.25, 0.3) is 22.4 Å². The number of benzene rings is 3. The Bertz CT molecular complexity index is 1370. The van der Waals surface area contributed by atoms with Crippen LogP contribution in [0.3, 0.4) is 0 Å². The minimum Gasteiger partial charge on any atom is -0.496 e. The summed E-state index contributed by atoms with van der Waals surface area (Å²) >= 11 is 12.7. The van der Waals surface area contributed by atoms with Crippen LogP contribution in [0.2, 0.25) is 10.0 Å². The van der Waals surface area contributed by atoms with E-state index in [1.165, 1.54) is 0 Å². The highest BCUT2D eigenvalue weighted by molar-refractivity contribution is 6.40. The Balaban J connectivity index is 1.53. The van der Waals surface area contributed by atoms with Gasteiger partial charge >= 0.3 is 5.97 Å². The molecule has 7 nitrogen and oxygen atoms in total. The summed E-state index contributed by atoms with van der Waals surface area (Å²) < 4.78 is 10.9. The molecule has 0 aliphatic rings. The van der Waals surface area contributed by atoms with E-state index in [1.807, 2.05) is 42.5 Å². The minimum atomic E-state index is -1.20. The van der Waals surface area contributed by atoms with E-state index in [0.29, 0.717) is 22.6 Å². The number of aromatic amines is 1. The van der Waals surface area contributed by atoms with Crippen LogP contribution in [-0.4, -0.2) is 42.2 Å². The van der Waals surface area contributed by atoms with Crippen LogP contribution in [-0.2, 0) is 11.2 Å². The molecule has 3 aromatic carbocycles. The Kier molecular flexibility index (Phi) is 8.06. The van der Waals surface area contributed by atoms with Crippen LogP contribution >= 0.6 is 23.2 Å². The minimum absolute atomic E-state index is 0.0171. The third kappa shape index (κ3) is 5.74. The Morgan fingerprint density at radius 2 is 1.54 bits per heavy atom. The highest BCUT2D eigenvalue weighted by Gasteiger charge is 2.25. The Hall–Kier alpha value is -3.94. The summed E-state index contributed by atoms with van der Waals surface area (Å²) in [6.07, 6.45) is 1.81. The molecule has 0 saturated heterocycles. The lowest BCUT2D eigenvalue weighted by molar-refractivity contribution is -0.139. The first-order valence-electron chi connectivity index (χ1n) is 11.3. The van der Waals surface area contributed by atoms with Crippen LogP contribution in [0.15, 0.2) is 72.9 Å². The van der Waals surface area contributed by atoms with Crippen molar-refractivity contribution < 1.29 is 24.2 Å². The highest BCUT2D eigenvalue weighted by atomic mass is 35.5. The van der Waals surface area contributed by atoms with E-state index in [9.17, 15) is 14.7 Å². The summed E-state index contributed by atoms with van der Waals surface area (Å²) in [4.78, 5) is 28.0. The van der Waals surface area contributed by atoms with E-state index in [4.69, 9.17) is 32.7 Å². The molecule has 1 atom stereocenters. The van der Waals surface area contributed by atoms with Gasteiger partial charge in [-0.2, -0.15) is 0 Å². The predicted octanol–water partition coefficient (Wildman–Crippen LogP) is 6.10. The van der Waals surface area contributed by atoms with Crippen LogP contribution in [0.4, 0.5) is 0 Å². The van der Waals surface area contributed by atoms with E-state index in [-0.39, 0.29) is 22.0 Å². The van der Waals surface area contributed by atoms with Gasteiger partial charge in [0.15, 0.2) is 0 Å². The molecule has 0 aliphatic carbocycles. The molecule has 190 valence electrons. The van der Waals surface area contributed by atoms with Gasteiger partial charge in [0.05, 0.1) is 35.4 Å². The number of aliphatic carboxylic acids is 1. The van der Waals surface area contributed by atoms with Crippen molar-refractivity contribution in [1.29, 1.82) is 0 Å². The summed E-state index contributed by atoms with van der Waals surface area (Å²) in [6.45, 7) is 0. The molecule has 0 spiro atoms. The number of nitrogens with one attached hydrogen (secondary N) is 2. The molecule has 0 unspecified atom stereocenters. The van der Waals surface area contributed by atoms with Crippen molar-refractivity contribution in [3.63, 3.8) is 0 Å². The zero-order valence-electron chi connectivity index (χ0n) is 20.0. The Labute approximate surface area is 224 Å². The van der Waals surface area contributed by atoms with Crippen LogP contribution in [0, 0.1) is 0 Å². The monoisotopic (exact) mass is 538 g/mol. The average molecular weight is 539 g/mol. The molecule has 1 amide bonds. The van der Waals surface area contributed by atoms with Gasteiger partial charge in [0.25, 0.3) is 5.91 Å². The quantitative estimate of drug-likeness (QED) is 0.239. The normalized spacial score (nSPS) is 11.6. The van der Waals surface area contributed by atoms with Gasteiger partial charge in [-0.05, 0) is 47.5 Å². The van der Waals surface area contributed by atoms with Crippen molar-refractivity contribution in [2.45, 2.75) is 12.5 Å². The van der Waals surface area contributed by atoms with Gasteiger partial charge in [-0.3, -0.25) is 4.79 Å². The van der Waals surface area contributed by atoms with E-state index in [2.05, 4.69) is 10.3 Å². The molecule has 0 fully saturated rings. The van der Waals surface area contributed by atoms with Gasteiger partial charge in [-0.1, -0.05) is 53.5 Å². The molecular formula is C28H24Cl2N2O5. The van der Waals surface area contributed by atoms with Gasteiger partial charge in [-0.25, -0.2) is 4.79 Å². The largest absolute Gasteiger partial charge is 0.496 e. The van der Waals surface area contributed by atoms with Crippen molar-refractivity contribution >= 4 is 35.1 Å². The molecule has 0 aliphatic heterocycles. The zero-order chi connectivity index (χ0) is 26.5. The number of ether oxygens (including phenoxy) is 2. The molecule has 0 saturated carbocycles. The molecule has 0 bridgehead atoms. The lowest BCUT2D eigenvalue weighted by atomic mass is 9.99. The molecular weight excluding hydrogens is 515 g/mol. The number of carboxylic acid groups (broad SMARTS) is 1. The predicted molar refractivity (Wildman–Crippen MR) is 144 cm³/mol. The van der Waals surface area contributed by atoms with Gasteiger partial charge in [0.2, 0.25) is 0 Å². The first-order valence-corrected chi connectivity index (χ1v) is 12.0. The first-order chi connectivity index (χ1) is 17.8. The standard InChI is InChI=1S/C28H24Cl2N2O5/c1-36-23-6-3-7-24(37-2)25(23)17-10-8-16(9-11-17)13-22(28(34)35)32-27(33)26-19(29)14-18(15-20(26)30)21-5-4-12-31-21/h3-12,14-15,22,31H,13H2,1-2H3,(H,32,33)(H,34,35)/t22-/m0/s1. The number of carbonyl (C=O) groups excluding carboxylic acids is 1. The zero-order valence-corrected chi connectivity index (χ0v) is 21.6. The first kappa shape index (κ1) is 26.1. The molecule has 4 rings (SSSR count). The summed E-state index contributed by atoms with van der Waals surface area (Å²) in [6, 6.07) is 18.5. The average Bonchev–Trinajstić information content (AvgIpc) is 3.43. The SMILES string of the molecule is COc1cccc(OC)c1-c1ccc(C[C@H](NC(=O)c2c(Cl)cc(-c3ccc[nH]3)cc2Cl)C(=O)O)cc1. The number of aromatic nitrogens is 1. The number of rotatable bonds is 9. The van der Waals surface area contributed by atoms with Gasteiger partial charge in [0.1, 0.15) is 17.5 Å². The van der Waals surface area contributed by atoms with Crippen molar-refractivity contribution in [1.82, 2.24) is 10.3 Å². The van der Waals surface area contributed by atoms with Crippen molar-refractivity contribution in [2.75, 3.05) is 14.2 Å². The molecule has 3 N–H and O–H groups in total. The van der Waals surface area contributed by atoms with Crippen molar-refractivity contribution in [3.8, 4) is 33.9 Å². The lowest BCUT2D eigenvalue weighted by Gasteiger charge is -2.17. The number of amides is 1. The van der Waals surface area contributed by atoms with Crippen LogP contribution in [0.1, 0.15) is 15.9 Å². The number of methoxy groups -OCH3 is 2. The maximum atomic E-state index is 13.0. The fraction of sp³-hybridized carbons (Fsp3) is 0.143. The van der Waals surface area contributed by atoms with Gasteiger partial charge < -0.3 is 24.9 Å². The van der Waals surface area contributed by atoms with E-state index < -0.39 is 17.9 Å². The molecule has 37 heavy (non-hydrogen) atoms. The maximum Gasteiger partial charge on any atom is 0.326 e. The second-order valence-electron chi connectivity index (χ2n) is 8.20. The van der Waals surface area contributed by atoms with Crippen molar-refractivity contribution in [3.05, 3.63) is 94.1 Å². The van der Waals surface area contributed by atoms with Gasteiger partial charge in [0, 0.05) is 23.9 Å². The molecule has 1 aromatic heterocycles. The van der Waals surface area contributed by atoms with Crippen molar-refractivity contribution in [2.24, 2.45) is 0 Å². The summed E-state index contributed by atoms with van der Waals surface area (Å²) in [7, 11) is 3.16. The maximum absolute atomic E-state index is 13.0. The number of carbonyl (C=O) groups is 2. The van der Waals surface area contributed by atoms with Crippen LogP contribution in [0.5, 0.6) is 11.5 Å².